The zero-order chi connectivity index (χ0) is 19.2. The highest BCUT2D eigenvalue weighted by atomic mass is 16.5. The van der Waals surface area contributed by atoms with E-state index in [0.29, 0.717) is 11.3 Å². The van der Waals surface area contributed by atoms with E-state index in [0.717, 1.165) is 19.3 Å². The first-order chi connectivity index (χ1) is 13.1. The molecule has 0 aliphatic heterocycles. The number of carbonyl (C=O) groups is 3. The van der Waals surface area contributed by atoms with Gasteiger partial charge in [0.05, 0.1) is 12.2 Å². The average molecular weight is 367 g/mol. The van der Waals surface area contributed by atoms with Gasteiger partial charge in [-0.2, -0.15) is 0 Å². The van der Waals surface area contributed by atoms with Gasteiger partial charge < -0.3 is 9.47 Å². The topological polar surface area (TPSA) is 81.7 Å². The second kappa shape index (κ2) is 8.49. The normalized spacial score (nSPS) is 12.2. The molecule has 1 N–H and O–H groups in total. The molecule has 1 aliphatic rings. The number of rotatable bonds is 6. The Balaban J connectivity index is 1.59. The lowest BCUT2D eigenvalue weighted by Gasteiger charge is -2.08. The summed E-state index contributed by atoms with van der Waals surface area (Å²) in [6.07, 6.45) is 2.54. The molecule has 27 heavy (non-hydrogen) atoms. The van der Waals surface area contributed by atoms with E-state index in [4.69, 9.17) is 9.47 Å². The first-order valence-electron chi connectivity index (χ1n) is 8.93. The third-order valence-electron chi connectivity index (χ3n) is 4.37. The lowest BCUT2D eigenvalue weighted by Crippen LogP contribution is -2.16. The van der Waals surface area contributed by atoms with Gasteiger partial charge in [0, 0.05) is 11.3 Å². The molecule has 140 valence electrons. The van der Waals surface area contributed by atoms with Crippen LogP contribution >= 0.6 is 0 Å². The molecule has 0 saturated heterocycles. The number of nitrogens with one attached hydrogen (secondary N) is 1. The number of carbonyl (C=O) groups excluding carboxylic acids is 3. The minimum Gasteiger partial charge on any atom is -0.454 e. The predicted octanol–water partition coefficient (Wildman–Crippen LogP) is 3.78. The summed E-state index contributed by atoms with van der Waals surface area (Å²) in [6, 6.07) is 11.9. The third kappa shape index (κ3) is 4.73. The summed E-state index contributed by atoms with van der Waals surface area (Å²) in [5.74, 6) is -0.865. The van der Waals surface area contributed by atoms with Crippen LogP contribution in [0.5, 0.6) is 0 Å². The molecule has 0 atom stereocenters. The summed E-state index contributed by atoms with van der Waals surface area (Å²) in [4.78, 5) is 36.0. The van der Waals surface area contributed by atoms with Crippen molar-refractivity contribution in [3.8, 4) is 0 Å². The molecule has 0 radical (unpaired) electrons. The van der Waals surface area contributed by atoms with Gasteiger partial charge in [-0.05, 0) is 61.6 Å². The van der Waals surface area contributed by atoms with Gasteiger partial charge in [0.15, 0.2) is 12.4 Å². The number of ether oxygens (including phenoxy) is 2. The molecule has 6 heteroatoms. The smallest absolute Gasteiger partial charge is 0.411 e. The van der Waals surface area contributed by atoms with Gasteiger partial charge in [-0.3, -0.25) is 10.1 Å². The molecule has 0 saturated carbocycles. The maximum absolute atomic E-state index is 12.3. The fourth-order valence-corrected chi connectivity index (χ4v) is 3.05. The predicted molar refractivity (Wildman–Crippen MR) is 100 cm³/mol. The SMILES string of the molecule is CCOC(=O)Nc1cccc(C(=O)OCC(=O)c2ccc3c(c2)CCC3)c1. The number of hydrogen-bond acceptors (Lipinski definition) is 5. The quantitative estimate of drug-likeness (QED) is 0.621. The number of benzene rings is 2. The molecule has 0 spiro atoms. The number of aryl methyl sites for hydroxylation is 2. The van der Waals surface area contributed by atoms with E-state index in [1.54, 1.807) is 31.2 Å². The van der Waals surface area contributed by atoms with Crippen molar-refractivity contribution in [2.45, 2.75) is 26.2 Å². The molecular formula is C21H21NO5. The zero-order valence-electron chi connectivity index (χ0n) is 15.1. The maximum atomic E-state index is 12.3. The van der Waals surface area contributed by atoms with Crippen molar-refractivity contribution < 1.29 is 23.9 Å². The molecule has 0 bridgehead atoms. The molecule has 2 aromatic rings. The lowest BCUT2D eigenvalue weighted by molar-refractivity contribution is 0.0475. The van der Waals surface area contributed by atoms with Crippen molar-refractivity contribution in [2.24, 2.45) is 0 Å². The first kappa shape index (κ1) is 18.6. The highest BCUT2D eigenvalue weighted by Gasteiger charge is 2.16. The Morgan fingerprint density at radius 2 is 1.78 bits per heavy atom. The van der Waals surface area contributed by atoms with E-state index < -0.39 is 12.1 Å². The minimum absolute atomic E-state index is 0.237. The van der Waals surface area contributed by atoms with Gasteiger partial charge in [0.1, 0.15) is 0 Å². The van der Waals surface area contributed by atoms with Gasteiger partial charge >= 0.3 is 12.1 Å². The molecule has 2 aromatic carbocycles. The highest BCUT2D eigenvalue weighted by molar-refractivity contribution is 6.00. The molecule has 1 aliphatic carbocycles. The Bertz CT molecular complexity index is 875. The van der Waals surface area contributed by atoms with Gasteiger partial charge in [0.2, 0.25) is 0 Å². The van der Waals surface area contributed by atoms with Crippen LogP contribution in [0.25, 0.3) is 0 Å². The standard InChI is InChI=1S/C21H21NO5/c1-2-26-21(25)22-18-8-4-7-17(12-18)20(24)27-13-19(23)16-10-9-14-5-3-6-15(14)11-16/h4,7-12H,2-3,5-6,13H2,1H3,(H,22,25). The Labute approximate surface area is 157 Å². The van der Waals surface area contributed by atoms with E-state index in [2.05, 4.69) is 5.32 Å². The van der Waals surface area contributed by atoms with Crippen LogP contribution in [0, 0.1) is 0 Å². The van der Waals surface area contributed by atoms with Gasteiger partial charge in [-0.15, -0.1) is 0 Å². The Morgan fingerprint density at radius 1 is 0.963 bits per heavy atom. The second-order valence-corrected chi connectivity index (χ2v) is 6.26. The van der Waals surface area contributed by atoms with E-state index in [1.165, 1.54) is 17.2 Å². The summed E-state index contributed by atoms with van der Waals surface area (Å²) in [5, 5.41) is 2.52. The number of amides is 1. The van der Waals surface area contributed by atoms with Crippen molar-refractivity contribution in [1.82, 2.24) is 0 Å². The van der Waals surface area contributed by atoms with Gasteiger partial charge in [0.25, 0.3) is 0 Å². The lowest BCUT2D eigenvalue weighted by atomic mass is 10.0. The van der Waals surface area contributed by atoms with Crippen LogP contribution in [0.3, 0.4) is 0 Å². The molecule has 1 amide bonds. The van der Waals surface area contributed by atoms with Crippen molar-refractivity contribution in [3.63, 3.8) is 0 Å². The minimum atomic E-state index is -0.628. The zero-order valence-corrected chi connectivity index (χ0v) is 15.1. The number of Topliss-reactive ketones (excluding diaryl/α,β-unsaturated/α-hetero) is 1. The van der Waals surface area contributed by atoms with Crippen LogP contribution in [-0.2, 0) is 22.3 Å². The van der Waals surface area contributed by atoms with Crippen LogP contribution in [0.15, 0.2) is 42.5 Å². The Hall–Kier alpha value is -3.15. The van der Waals surface area contributed by atoms with E-state index in [9.17, 15) is 14.4 Å². The van der Waals surface area contributed by atoms with Gasteiger partial charge in [-0.25, -0.2) is 9.59 Å². The molecule has 0 fully saturated rings. The third-order valence-corrected chi connectivity index (χ3v) is 4.37. The molecule has 0 heterocycles. The van der Waals surface area contributed by atoms with Crippen LogP contribution in [-0.4, -0.2) is 31.1 Å². The molecule has 3 rings (SSSR count). The fourth-order valence-electron chi connectivity index (χ4n) is 3.05. The Kier molecular flexibility index (Phi) is 5.86. The first-order valence-corrected chi connectivity index (χ1v) is 8.93. The van der Waals surface area contributed by atoms with Crippen LogP contribution < -0.4 is 5.32 Å². The fraction of sp³-hybridized carbons (Fsp3) is 0.286. The molecular weight excluding hydrogens is 346 g/mol. The van der Waals surface area contributed by atoms with Crippen molar-refractivity contribution in [3.05, 3.63) is 64.7 Å². The van der Waals surface area contributed by atoms with Gasteiger partial charge in [-0.1, -0.05) is 18.2 Å². The number of anilines is 1. The number of fused-ring (bicyclic) bond motifs is 1. The average Bonchev–Trinajstić information content (AvgIpc) is 3.14. The monoisotopic (exact) mass is 367 g/mol. The van der Waals surface area contributed by atoms with Crippen LogP contribution in [0.1, 0.15) is 45.2 Å². The van der Waals surface area contributed by atoms with E-state index >= 15 is 0 Å². The Morgan fingerprint density at radius 3 is 2.59 bits per heavy atom. The van der Waals surface area contributed by atoms with E-state index in [1.807, 2.05) is 12.1 Å². The van der Waals surface area contributed by atoms with Crippen LogP contribution in [0.4, 0.5) is 10.5 Å². The van der Waals surface area contributed by atoms with Crippen molar-refractivity contribution in [2.75, 3.05) is 18.5 Å². The maximum Gasteiger partial charge on any atom is 0.411 e. The van der Waals surface area contributed by atoms with E-state index in [-0.39, 0.29) is 24.6 Å². The molecule has 6 nitrogen and oxygen atoms in total. The molecule has 0 aromatic heterocycles. The summed E-state index contributed by atoms with van der Waals surface area (Å²) < 4.78 is 9.93. The summed E-state index contributed by atoms with van der Waals surface area (Å²) in [5.41, 5.74) is 3.69. The molecule has 0 unspecified atom stereocenters. The summed E-state index contributed by atoms with van der Waals surface area (Å²) in [6.45, 7) is 1.62. The number of esters is 1. The summed E-state index contributed by atoms with van der Waals surface area (Å²) >= 11 is 0. The highest BCUT2D eigenvalue weighted by Crippen LogP contribution is 2.23. The summed E-state index contributed by atoms with van der Waals surface area (Å²) in [7, 11) is 0. The van der Waals surface area contributed by atoms with Crippen molar-refractivity contribution in [1.29, 1.82) is 0 Å². The van der Waals surface area contributed by atoms with Crippen LogP contribution in [0.2, 0.25) is 0 Å². The second-order valence-electron chi connectivity index (χ2n) is 6.26. The number of hydrogen-bond donors (Lipinski definition) is 1. The number of ketones is 1. The van der Waals surface area contributed by atoms with Crippen molar-refractivity contribution >= 4 is 23.5 Å². The largest absolute Gasteiger partial charge is 0.454 e.